The smallest absolute Gasteiger partial charge is 0.164 e. The van der Waals surface area contributed by atoms with Crippen molar-refractivity contribution in [1.82, 2.24) is 25.1 Å². The number of nitrogens with one attached hydrogen (secondary N) is 2. The summed E-state index contributed by atoms with van der Waals surface area (Å²) in [6.07, 6.45) is 6.56. The Kier molecular flexibility index (Phi) is 5.81. The lowest BCUT2D eigenvalue weighted by Gasteiger charge is -2.22. The number of H-pyrrole nitrogens is 1. The van der Waals surface area contributed by atoms with Crippen LogP contribution in [0.2, 0.25) is 0 Å². The average molecular weight is 404 g/mol. The van der Waals surface area contributed by atoms with Gasteiger partial charge in [-0.25, -0.2) is 9.97 Å². The molecular formula is C23H29N7. The van der Waals surface area contributed by atoms with Gasteiger partial charge in [0, 0.05) is 43.5 Å². The number of aryl methyl sites for hydroxylation is 2. The molecule has 2 heterocycles. The fourth-order valence-electron chi connectivity index (χ4n) is 3.56. The first kappa shape index (κ1) is 20.1. The van der Waals surface area contributed by atoms with Crippen LogP contribution in [0.15, 0.2) is 36.4 Å². The average Bonchev–Trinajstić information content (AvgIpc) is 3.15. The van der Waals surface area contributed by atoms with E-state index in [0.29, 0.717) is 0 Å². The minimum Gasteiger partial charge on any atom is -0.358 e. The summed E-state index contributed by atoms with van der Waals surface area (Å²) in [6, 6.07) is 10.3. The number of anilines is 3. The minimum absolute atomic E-state index is 0.724. The third-order valence-corrected chi connectivity index (χ3v) is 5.25. The van der Waals surface area contributed by atoms with Crippen molar-refractivity contribution in [3.05, 3.63) is 53.2 Å². The van der Waals surface area contributed by atoms with Crippen LogP contribution < -0.4 is 10.2 Å². The van der Waals surface area contributed by atoms with Gasteiger partial charge in [0.05, 0.1) is 0 Å². The molecule has 0 spiro atoms. The lowest BCUT2D eigenvalue weighted by atomic mass is 9.93. The summed E-state index contributed by atoms with van der Waals surface area (Å²) < 4.78 is 0. The zero-order valence-corrected chi connectivity index (χ0v) is 18.1. The maximum absolute atomic E-state index is 4.93. The maximum atomic E-state index is 4.93. The zero-order chi connectivity index (χ0) is 21.1. The van der Waals surface area contributed by atoms with Gasteiger partial charge in [-0.1, -0.05) is 30.4 Å². The Balaban J connectivity index is 1.75. The molecule has 0 saturated heterocycles. The highest BCUT2D eigenvalue weighted by atomic mass is 15.2. The van der Waals surface area contributed by atoms with Crippen LogP contribution in [-0.4, -0.2) is 59.3 Å². The van der Waals surface area contributed by atoms with Gasteiger partial charge in [0.25, 0.3) is 0 Å². The molecule has 2 N–H and O–H groups in total. The summed E-state index contributed by atoms with van der Waals surface area (Å²) in [5.41, 5.74) is 4.63. The van der Waals surface area contributed by atoms with Gasteiger partial charge in [0.2, 0.25) is 0 Å². The highest BCUT2D eigenvalue weighted by Crippen LogP contribution is 2.31. The number of hydrogen-bond donors (Lipinski definition) is 2. The third kappa shape index (κ3) is 4.52. The number of hydrogen-bond acceptors (Lipinski definition) is 6. The fraction of sp³-hybridized carbons (Fsp3) is 0.348. The molecule has 7 nitrogen and oxygen atoms in total. The van der Waals surface area contributed by atoms with Gasteiger partial charge in [-0.15, -0.1) is 0 Å². The largest absolute Gasteiger partial charge is 0.358 e. The summed E-state index contributed by atoms with van der Waals surface area (Å²) in [4.78, 5) is 14.1. The van der Waals surface area contributed by atoms with Crippen LogP contribution in [0.3, 0.4) is 0 Å². The number of rotatable bonds is 7. The molecule has 1 aromatic carbocycles. The molecule has 0 atom stereocenters. The van der Waals surface area contributed by atoms with E-state index in [2.05, 4.69) is 76.8 Å². The molecular weight excluding hydrogens is 374 g/mol. The van der Waals surface area contributed by atoms with Gasteiger partial charge in [0.15, 0.2) is 11.6 Å². The first-order valence-electron chi connectivity index (χ1n) is 10.3. The van der Waals surface area contributed by atoms with Crippen molar-refractivity contribution in [1.29, 1.82) is 0 Å². The molecule has 0 radical (unpaired) electrons. The maximum Gasteiger partial charge on any atom is 0.164 e. The van der Waals surface area contributed by atoms with Crippen LogP contribution >= 0.6 is 0 Å². The summed E-state index contributed by atoms with van der Waals surface area (Å²) in [5.74, 6) is 3.08. The Bertz CT molecular complexity index is 1050. The summed E-state index contributed by atoms with van der Waals surface area (Å²) in [7, 11) is 6.22. The Hall–Kier alpha value is -3.19. The molecule has 0 unspecified atom stereocenters. The number of aromatic nitrogens is 4. The second-order valence-corrected chi connectivity index (χ2v) is 8.04. The summed E-state index contributed by atoms with van der Waals surface area (Å²) in [5, 5.41) is 10.6. The van der Waals surface area contributed by atoms with E-state index < -0.39 is 0 Å². The minimum atomic E-state index is 0.724. The van der Waals surface area contributed by atoms with Gasteiger partial charge in [-0.2, -0.15) is 5.10 Å². The van der Waals surface area contributed by atoms with E-state index in [-0.39, 0.29) is 0 Å². The Morgan fingerprint density at radius 2 is 1.93 bits per heavy atom. The van der Waals surface area contributed by atoms with Crippen LogP contribution in [0.25, 0.3) is 17.5 Å². The third-order valence-electron chi connectivity index (χ3n) is 5.25. The number of benzene rings is 1. The normalized spacial score (nSPS) is 12.8. The molecule has 156 valence electrons. The molecule has 1 aliphatic rings. The number of allylic oxidation sites excluding steroid dienone is 1. The molecule has 1 aliphatic carbocycles. The van der Waals surface area contributed by atoms with E-state index in [1.807, 2.05) is 19.1 Å². The van der Waals surface area contributed by atoms with E-state index in [4.69, 9.17) is 9.97 Å². The summed E-state index contributed by atoms with van der Waals surface area (Å²) >= 11 is 0. The van der Waals surface area contributed by atoms with E-state index in [1.165, 1.54) is 11.1 Å². The Morgan fingerprint density at radius 1 is 1.07 bits per heavy atom. The van der Waals surface area contributed by atoms with Crippen LogP contribution in [0.4, 0.5) is 17.5 Å². The number of aromatic amines is 1. The van der Waals surface area contributed by atoms with Crippen molar-refractivity contribution < 1.29 is 0 Å². The molecule has 0 fully saturated rings. The predicted octanol–water partition coefficient (Wildman–Crippen LogP) is 3.88. The summed E-state index contributed by atoms with van der Waals surface area (Å²) in [6.45, 7) is 3.80. The van der Waals surface area contributed by atoms with Crippen LogP contribution in [0.1, 0.15) is 23.2 Å². The lowest BCUT2D eigenvalue weighted by molar-refractivity contribution is 0.416. The van der Waals surface area contributed by atoms with E-state index >= 15 is 0 Å². The zero-order valence-electron chi connectivity index (χ0n) is 18.1. The number of fused-ring (bicyclic) bond motifs is 1. The van der Waals surface area contributed by atoms with Crippen molar-refractivity contribution in [2.45, 2.75) is 19.8 Å². The second-order valence-electron chi connectivity index (χ2n) is 8.04. The quantitative estimate of drug-likeness (QED) is 0.624. The second kappa shape index (κ2) is 8.67. The van der Waals surface area contributed by atoms with Gasteiger partial charge in [-0.05, 0) is 45.0 Å². The van der Waals surface area contributed by atoms with Crippen molar-refractivity contribution in [2.75, 3.05) is 44.4 Å². The molecule has 0 saturated carbocycles. The Labute approximate surface area is 177 Å². The molecule has 30 heavy (non-hydrogen) atoms. The molecule has 0 aliphatic heterocycles. The van der Waals surface area contributed by atoms with Crippen LogP contribution in [0.5, 0.6) is 0 Å². The number of nitrogens with zero attached hydrogens (tertiary/aromatic N) is 5. The van der Waals surface area contributed by atoms with E-state index in [9.17, 15) is 0 Å². The van der Waals surface area contributed by atoms with Gasteiger partial charge in [0.1, 0.15) is 11.6 Å². The van der Waals surface area contributed by atoms with Crippen molar-refractivity contribution >= 4 is 23.5 Å². The molecule has 7 heteroatoms. The topological polar surface area (TPSA) is 73.0 Å². The Morgan fingerprint density at radius 3 is 2.70 bits per heavy atom. The van der Waals surface area contributed by atoms with Crippen LogP contribution in [0, 0.1) is 6.92 Å². The van der Waals surface area contributed by atoms with Gasteiger partial charge >= 0.3 is 0 Å². The SMILES string of the molecule is Cc1cc(Nc2cc(N(C)CCN(C)C)nc(-c3cccc4c3C=CCC4)n2)n[nH]1. The standard InChI is InChI=1S/C23H29N7/c1-16-14-21(28-27-16)24-20-15-22(30(4)13-12-29(2)3)26-23(25-20)19-11-7-9-17-8-5-6-10-18(17)19/h6-7,9-11,14-15H,5,8,12-13H2,1-4H3,(H2,24,25,26,27,28). The predicted molar refractivity (Wildman–Crippen MR) is 123 cm³/mol. The highest BCUT2D eigenvalue weighted by molar-refractivity contribution is 5.76. The first-order chi connectivity index (χ1) is 14.5. The molecule has 4 rings (SSSR count). The van der Waals surface area contributed by atoms with Crippen molar-refractivity contribution in [3.63, 3.8) is 0 Å². The monoisotopic (exact) mass is 403 g/mol. The molecule has 3 aromatic rings. The van der Waals surface area contributed by atoms with Crippen molar-refractivity contribution in [3.8, 4) is 11.4 Å². The van der Waals surface area contributed by atoms with E-state index in [0.717, 1.165) is 60.5 Å². The van der Waals surface area contributed by atoms with Crippen LogP contribution in [-0.2, 0) is 6.42 Å². The first-order valence-corrected chi connectivity index (χ1v) is 10.3. The van der Waals surface area contributed by atoms with Gasteiger partial charge in [-0.3, -0.25) is 5.10 Å². The van der Waals surface area contributed by atoms with E-state index in [1.54, 1.807) is 0 Å². The molecule has 0 amide bonds. The van der Waals surface area contributed by atoms with Gasteiger partial charge < -0.3 is 15.1 Å². The fourth-order valence-corrected chi connectivity index (χ4v) is 3.56. The molecule has 2 aromatic heterocycles. The highest BCUT2D eigenvalue weighted by Gasteiger charge is 2.16. The molecule has 0 bridgehead atoms. The number of likely N-dealkylation sites (N-methyl/N-ethyl adjacent to an activating group) is 2. The van der Waals surface area contributed by atoms with Crippen molar-refractivity contribution in [2.24, 2.45) is 0 Å². The lowest BCUT2D eigenvalue weighted by Crippen LogP contribution is -2.29.